The number of aryl methyl sites for hydroxylation is 1. The van der Waals surface area contributed by atoms with E-state index in [-0.39, 0.29) is 5.63 Å². The van der Waals surface area contributed by atoms with E-state index in [2.05, 4.69) is 39.5 Å². The number of halogens is 1. The standard InChI is InChI=1S/C19H13IN2O2S/c1-2-14-8-11(5-6-21-14)18-22-16(10-25-18)15-9-12-7-13(20)3-4-17(12)24-19(15)23/h3-10H,2H2,1H3. The van der Waals surface area contributed by atoms with E-state index in [1.807, 2.05) is 41.8 Å². The molecule has 0 aliphatic heterocycles. The summed E-state index contributed by atoms with van der Waals surface area (Å²) in [5, 5.41) is 3.66. The first-order valence-corrected chi connectivity index (χ1v) is 9.74. The molecule has 0 atom stereocenters. The number of pyridine rings is 1. The molecule has 0 fully saturated rings. The number of hydrogen-bond donors (Lipinski definition) is 0. The monoisotopic (exact) mass is 460 g/mol. The Morgan fingerprint density at radius 1 is 1.20 bits per heavy atom. The summed E-state index contributed by atoms with van der Waals surface area (Å²) in [7, 11) is 0. The van der Waals surface area contributed by atoms with Crippen molar-refractivity contribution in [1.82, 2.24) is 9.97 Å². The molecule has 4 rings (SSSR count). The van der Waals surface area contributed by atoms with Gasteiger partial charge in [0.15, 0.2) is 0 Å². The summed E-state index contributed by atoms with van der Waals surface area (Å²) in [6.07, 6.45) is 2.67. The Hall–Kier alpha value is -2.06. The van der Waals surface area contributed by atoms with Crippen LogP contribution in [0.1, 0.15) is 12.6 Å². The van der Waals surface area contributed by atoms with Crippen LogP contribution in [-0.2, 0) is 6.42 Å². The van der Waals surface area contributed by atoms with Gasteiger partial charge >= 0.3 is 5.63 Å². The van der Waals surface area contributed by atoms with Crippen LogP contribution in [0.15, 0.2) is 57.2 Å². The number of rotatable bonds is 3. The molecule has 0 aliphatic rings. The zero-order chi connectivity index (χ0) is 17.4. The van der Waals surface area contributed by atoms with Gasteiger partial charge in [0.2, 0.25) is 0 Å². The summed E-state index contributed by atoms with van der Waals surface area (Å²) >= 11 is 3.76. The average Bonchev–Trinajstić information content (AvgIpc) is 3.11. The first kappa shape index (κ1) is 16.4. The molecule has 25 heavy (non-hydrogen) atoms. The highest BCUT2D eigenvalue weighted by Gasteiger charge is 2.13. The summed E-state index contributed by atoms with van der Waals surface area (Å²) in [6, 6.07) is 11.6. The molecular formula is C19H13IN2O2S. The van der Waals surface area contributed by atoms with Crippen LogP contribution in [0.3, 0.4) is 0 Å². The van der Waals surface area contributed by atoms with Gasteiger partial charge in [0.05, 0.1) is 11.3 Å². The lowest BCUT2D eigenvalue weighted by molar-refractivity contribution is 0.563. The van der Waals surface area contributed by atoms with Crippen LogP contribution in [0.5, 0.6) is 0 Å². The minimum Gasteiger partial charge on any atom is -0.422 e. The maximum absolute atomic E-state index is 12.4. The smallest absolute Gasteiger partial charge is 0.345 e. The van der Waals surface area contributed by atoms with Crippen molar-refractivity contribution >= 4 is 44.9 Å². The first-order chi connectivity index (χ1) is 12.1. The fraction of sp³-hybridized carbons (Fsp3) is 0.105. The Morgan fingerprint density at radius 2 is 2.08 bits per heavy atom. The van der Waals surface area contributed by atoms with Crippen molar-refractivity contribution in [2.75, 3.05) is 0 Å². The molecular weight excluding hydrogens is 447 g/mol. The summed E-state index contributed by atoms with van der Waals surface area (Å²) < 4.78 is 6.54. The molecule has 3 aromatic heterocycles. The lowest BCUT2D eigenvalue weighted by Gasteiger charge is -2.01. The van der Waals surface area contributed by atoms with Gasteiger partial charge in [0.1, 0.15) is 10.6 Å². The van der Waals surface area contributed by atoms with Crippen molar-refractivity contribution in [2.24, 2.45) is 0 Å². The highest BCUT2D eigenvalue weighted by atomic mass is 127. The van der Waals surface area contributed by atoms with Crippen LogP contribution in [0.25, 0.3) is 32.8 Å². The zero-order valence-corrected chi connectivity index (χ0v) is 16.3. The van der Waals surface area contributed by atoms with Gasteiger partial charge in [-0.15, -0.1) is 11.3 Å². The molecule has 124 valence electrons. The summed E-state index contributed by atoms with van der Waals surface area (Å²) in [6.45, 7) is 2.07. The van der Waals surface area contributed by atoms with E-state index in [4.69, 9.17) is 4.42 Å². The van der Waals surface area contributed by atoms with Gasteiger partial charge in [0, 0.05) is 31.8 Å². The quantitative estimate of drug-likeness (QED) is 0.314. The SMILES string of the molecule is CCc1cc(-c2nc(-c3cc4cc(I)ccc4oc3=O)cs2)ccn1. The number of thiazole rings is 1. The molecule has 6 heteroatoms. The summed E-state index contributed by atoms with van der Waals surface area (Å²) in [4.78, 5) is 21.3. The van der Waals surface area contributed by atoms with E-state index in [1.165, 1.54) is 11.3 Å². The van der Waals surface area contributed by atoms with Crippen molar-refractivity contribution in [2.45, 2.75) is 13.3 Å². The third-order valence-corrected chi connectivity index (χ3v) is 5.46. The minimum atomic E-state index is -0.366. The Kier molecular flexibility index (Phi) is 4.39. The highest BCUT2D eigenvalue weighted by molar-refractivity contribution is 14.1. The molecule has 3 heterocycles. The second-order valence-corrected chi connectivity index (χ2v) is 7.66. The molecule has 1 aromatic carbocycles. The topological polar surface area (TPSA) is 56.0 Å². The average molecular weight is 460 g/mol. The number of nitrogens with zero attached hydrogens (tertiary/aromatic N) is 2. The van der Waals surface area contributed by atoms with Gasteiger partial charge in [-0.1, -0.05) is 6.92 Å². The first-order valence-electron chi connectivity index (χ1n) is 7.78. The number of aromatic nitrogens is 2. The van der Waals surface area contributed by atoms with Gasteiger partial charge in [-0.2, -0.15) is 0 Å². The van der Waals surface area contributed by atoms with E-state index in [0.717, 1.165) is 31.6 Å². The Labute approximate surface area is 161 Å². The number of benzene rings is 1. The number of hydrogen-bond acceptors (Lipinski definition) is 5. The van der Waals surface area contributed by atoms with E-state index in [0.29, 0.717) is 16.8 Å². The molecule has 0 spiro atoms. The minimum absolute atomic E-state index is 0.366. The zero-order valence-electron chi connectivity index (χ0n) is 13.3. The second kappa shape index (κ2) is 6.68. The van der Waals surface area contributed by atoms with Gasteiger partial charge in [-0.05, 0) is 65.4 Å². The predicted molar refractivity (Wildman–Crippen MR) is 109 cm³/mol. The molecule has 0 radical (unpaired) electrons. The van der Waals surface area contributed by atoms with E-state index < -0.39 is 0 Å². The van der Waals surface area contributed by atoms with Crippen molar-refractivity contribution in [1.29, 1.82) is 0 Å². The molecule has 0 saturated heterocycles. The molecule has 0 amide bonds. The maximum atomic E-state index is 12.4. The number of fused-ring (bicyclic) bond motifs is 1. The van der Waals surface area contributed by atoms with Gasteiger partial charge in [-0.25, -0.2) is 9.78 Å². The predicted octanol–water partition coefficient (Wildman–Crippen LogP) is 5.15. The Bertz CT molecular complexity index is 1130. The van der Waals surface area contributed by atoms with Crippen LogP contribution < -0.4 is 5.63 Å². The van der Waals surface area contributed by atoms with Gasteiger partial charge in [-0.3, -0.25) is 4.98 Å². The molecule has 0 bridgehead atoms. The molecule has 0 N–H and O–H groups in total. The highest BCUT2D eigenvalue weighted by Crippen LogP contribution is 2.29. The third-order valence-electron chi connectivity index (χ3n) is 3.90. The van der Waals surface area contributed by atoms with Crippen LogP contribution in [0.2, 0.25) is 0 Å². The Balaban J connectivity index is 1.80. The maximum Gasteiger partial charge on any atom is 0.345 e. The van der Waals surface area contributed by atoms with Crippen molar-refractivity contribution in [3.8, 4) is 21.8 Å². The summed E-state index contributed by atoms with van der Waals surface area (Å²) in [5.41, 5.74) is 3.39. The lowest BCUT2D eigenvalue weighted by Crippen LogP contribution is -2.02. The van der Waals surface area contributed by atoms with Crippen LogP contribution in [-0.4, -0.2) is 9.97 Å². The normalized spacial score (nSPS) is 11.1. The van der Waals surface area contributed by atoms with Crippen LogP contribution in [0, 0.1) is 3.57 Å². The second-order valence-electron chi connectivity index (χ2n) is 5.56. The molecule has 0 saturated carbocycles. The molecule has 4 nitrogen and oxygen atoms in total. The third kappa shape index (κ3) is 3.23. The fourth-order valence-electron chi connectivity index (χ4n) is 2.61. The van der Waals surface area contributed by atoms with Crippen molar-refractivity contribution in [3.05, 3.63) is 67.7 Å². The lowest BCUT2D eigenvalue weighted by atomic mass is 10.1. The van der Waals surface area contributed by atoms with Gasteiger partial charge < -0.3 is 4.42 Å². The molecule has 4 aromatic rings. The van der Waals surface area contributed by atoms with Crippen LogP contribution >= 0.6 is 33.9 Å². The van der Waals surface area contributed by atoms with Gasteiger partial charge in [0.25, 0.3) is 0 Å². The largest absolute Gasteiger partial charge is 0.422 e. The summed E-state index contributed by atoms with van der Waals surface area (Å²) in [5.74, 6) is 0. The van der Waals surface area contributed by atoms with Crippen molar-refractivity contribution in [3.63, 3.8) is 0 Å². The fourth-order valence-corrected chi connectivity index (χ4v) is 3.94. The Morgan fingerprint density at radius 3 is 2.92 bits per heavy atom. The molecule has 0 unspecified atom stereocenters. The van der Waals surface area contributed by atoms with E-state index >= 15 is 0 Å². The van der Waals surface area contributed by atoms with E-state index in [1.54, 1.807) is 6.20 Å². The van der Waals surface area contributed by atoms with E-state index in [9.17, 15) is 4.79 Å². The van der Waals surface area contributed by atoms with Crippen LogP contribution in [0.4, 0.5) is 0 Å². The molecule has 0 aliphatic carbocycles. The van der Waals surface area contributed by atoms with Crippen molar-refractivity contribution < 1.29 is 4.42 Å².